The highest BCUT2D eigenvalue weighted by Gasteiger charge is 2.41. The number of para-hydroxylation sites is 1. The maximum absolute atomic E-state index is 13.3. The SMILES string of the molecule is CC(=O)n1cc(C2C=C(C(=O)NC3CC4CCC3C4)OC(OCCCCO)C2)c2ccccc21. The van der Waals surface area contributed by atoms with E-state index in [1.54, 1.807) is 11.5 Å². The minimum absolute atomic E-state index is 0.0513. The molecule has 1 amide bonds. The molecule has 3 aliphatic rings. The minimum Gasteiger partial charge on any atom is -0.459 e. The van der Waals surface area contributed by atoms with Crippen LogP contribution in [0.4, 0.5) is 0 Å². The quantitative estimate of drug-likeness (QED) is 0.572. The average Bonchev–Trinajstić information content (AvgIpc) is 3.56. The summed E-state index contributed by atoms with van der Waals surface area (Å²) < 4.78 is 13.7. The Labute approximate surface area is 200 Å². The summed E-state index contributed by atoms with van der Waals surface area (Å²) in [5.74, 6) is 1.26. The lowest BCUT2D eigenvalue weighted by Crippen LogP contribution is -2.41. The van der Waals surface area contributed by atoms with E-state index < -0.39 is 6.29 Å². The molecule has 34 heavy (non-hydrogen) atoms. The highest BCUT2D eigenvalue weighted by molar-refractivity contribution is 5.95. The van der Waals surface area contributed by atoms with Crippen LogP contribution in [0.3, 0.4) is 0 Å². The van der Waals surface area contributed by atoms with Gasteiger partial charge in [-0.05, 0) is 61.6 Å². The fourth-order valence-corrected chi connectivity index (χ4v) is 5.99. The zero-order chi connectivity index (χ0) is 23.7. The topological polar surface area (TPSA) is 89.8 Å². The molecule has 2 heterocycles. The van der Waals surface area contributed by atoms with Crippen LogP contribution in [-0.4, -0.2) is 47.0 Å². The number of aliphatic hydroxyl groups excluding tert-OH is 1. The Balaban J connectivity index is 1.41. The normalized spacial score (nSPS) is 28.1. The highest BCUT2D eigenvalue weighted by atomic mass is 16.7. The molecule has 5 atom stereocenters. The van der Waals surface area contributed by atoms with E-state index in [1.165, 1.54) is 19.3 Å². The van der Waals surface area contributed by atoms with Crippen LogP contribution in [-0.2, 0) is 14.3 Å². The van der Waals surface area contributed by atoms with Gasteiger partial charge in [0, 0.05) is 43.5 Å². The van der Waals surface area contributed by atoms with Crippen molar-refractivity contribution in [3.05, 3.63) is 47.9 Å². The van der Waals surface area contributed by atoms with Gasteiger partial charge in [-0.1, -0.05) is 24.6 Å². The molecule has 2 saturated carbocycles. The molecular weight excluding hydrogens is 432 g/mol. The van der Waals surface area contributed by atoms with Gasteiger partial charge in [0.05, 0.1) is 12.1 Å². The van der Waals surface area contributed by atoms with Gasteiger partial charge in [0.15, 0.2) is 5.76 Å². The number of aromatic nitrogens is 1. The first-order valence-electron chi connectivity index (χ1n) is 12.6. The first kappa shape index (κ1) is 23.1. The van der Waals surface area contributed by atoms with Crippen LogP contribution >= 0.6 is 0 Å². The van der Waals surface area contributed by atoms with E-state index in [1.807, 2.05) is 36.5 Å². The smallest absolute Gasteiger partial charge is 0.286 e. The Morgan fingerprint density at radius 1 is 1.18 bits per heavy atom. The summed E-state index contributed by atoms with van der Waals surface area (Å²) in [7, 11) is 0. The van der Waals surface area contributed by atoms with Crippen molar-refractivity contribution in [3.63, 3.8) is 0 Å². The summed E-state index contributed by atoms with van der Waals surface area (Å²) in [6.45, 7) is 2.13. The number of hydrogen-bond donors (Lipinski definition) is 2. The molecule has 182 valence electrons. The summed E-state index contributed by atoms with van der Waals surface area (Å²) in [6.07, 6.45) is 9.90. The third-order valence-corrected chi connectivity index (χ3v) is 7.67. The number of nitrogens with zero attached hydrogens (tertiary/aromatic N) is 1. The molecule has 0 radical (unpaired) electrons. The molecule has 2 aromatic rings. The maximum atomic E-state index is 13.3. The predicted octanol–water partition coefficient (Wildman–Crippen LogP) is 4.11. The summed E-state index contributed by atoms with van der Waals surface area (Å²) in [6, 6.07) is 8.06. The van der Waals surface area contributed by atoms with Crippen LogP contribution in [0, 0.1) is 11.8 Å². The molecule has 0 spiro atoms. The van der Waals surface area contributed by atoms with E-state index >= 15 is 0 Å². The first-order chi connectivity index (χ1) is 16.5. The Hall–Kier alpha value is -2.64. The van der Waals surface area contributed by atoms with Gasteiger partial charge in [-0.3, -0.25) is 14.2 Å². The fraction of sp³-hybridized carbons (Fsp3) is 0.556. The van der Waals surface area contributed by atoms with Crippen molar-refractivity contribution in [2.24, 2.45) is 11.8 Å². The molecule has 5 unspecified atom stereocenters. The number of carbonyl (C=O) groups excluding carboxylic acids is 2. The molecule has 0 saturated heterocycles. The molecule has 7 nitrogen and oxygen atoms in total. The van der Waals surface area contributed by atoms with Crippen LogP contribution < -0.4 is 5.32 Å². The number of carbonyl (C=O) groups is 2. The maximum Gasteiger partial charge on any atom is 0.286 e. The summed E-state index contributed by atoms with van der Waals surface area (Å²) in [5.41, 5.74) is 1.85. The zero-order valence-corrected chi connectivity index (χ0v) is 19.7. The van der Waals surface area contributed by atoms with Crippen LogP contribution in [0.5, 0.6) is 0 Å². The fourth-order valence-electron chi connectivity index (χ4n) is 5.99. The lowest BCUT2D eigenvalue weighted by Gasteiger charge is -2.30. The van der Waals surface area contributed by atoms with E-state index in [9.17, 15) is 9.59 Å². The van der Waals surface area contributed by atoms with E-state index in [0.29, 0.717) is 31.1 Å². The van der Waals surface area contributed by atoms with Crippen molar-refractivity contribution in [2.45, 2.75) is 70.1 Å². The number of nitrogens with one attached hydrogen (secondary N) is 1. The predicted molar refractivity (Wildman–Crippen MR) is 128 cm³/mol. The van der Waals surface area contributed by atoms with E-state index in [4.69, 9.17) is 14.6 Å². The van der Waals surface area contributed by atoms with Gasteiger partial charge >= 0.3 is 0 Å². The second kappa shape index (κ2) is 9.92. The number of unbranched alkanes of at least 4 members (excludes halogenated alkanes) is 1. The van der Waals surface area contributed by atoms with Gasteiger partial charge < -0.3 is 19.9 Å². The highest BCUT2D eigenvalue weighted by Crippen LogP contribution is 2.44. The second-order valence-electron chi connectivity index (χ2n) is 9.97. The van der Waals surface area contributed by atoms with Crippen LogP contribution in [0.15, 0.2) is 42.3 Å². The van der Waals surface area contributed by atoms with Crippen LogP contribution in [0.2, 0.25) is 0 Å². The summed E-state index contributed by atoms with van der Waals surface area (Å²) in [5, 5.41) is 13.3. The Morgan fingerprint density at radius 3 is 2.76 bits per heavy atom. The van der Waals surface area contributed by atoms with Crippen LogP contribution in [0.25, 0.3) is 10.9 Å². The van der Waals surface area contributed by atoms with Gasteiger partial charge in [0.1, 0.15) is 0 Å². The van der Waals surface area contributed by atoms with Crippen molar-refractivity contribution in [1.29, 1.82) is 0 Å². The largest absolute Gasteiger partial charge is 0.459 e. The molecule has 7 heteroatoms. The molecule has 2 aliphatic carbocycles. The second-order valence-corrected chi connectivity index (χ2v) is 9.97. The Bertz CT molecular complexity index is 1090. The number of hydrogen-bond acceptors (Lipinski definition) is 5. The van der Waals surface area contributed by atoms with Gasteiger partial charge in [0.2, 0.25) is 12.2 Å². The van der Waals surface area contributed by atoms with E-state index in [2.05, 4.69) is 5.32 Å². The monoisotopic (exact) mass is 466 g/mol. The van der Waals surface area contributed by atoms with Crippen molar-refractivity contribution in [3.8, 4) is 0 Å². The number of amides is 1. The van der Waals surface area contributed by atoms with E-state index in [-0.39, 0.29) is 30.4 Å². The standard InChI is InChI=1S/C27H34N2O5/c1-17(31)29-16-22(21-6-2-3-7-24(21)29)20-14-25(34-26(15-20)33-11-5-4-10-30)27(32)28-23-13-18-8-9-19(23)12-18/h2-3,6-7,14,16,18-20,23,26,30H,4-5,8-13,15H2,1H3,(H,28,32). The molecule has 2 fully saturated rings. The Kier molecular flexibility index (Phi) is 6.75. The van der Waals surface area contributed by atoms with Crippen molar-refractivity contribution < 1.29 is 24.2 Å². The number of rotatable bonds is 8. The third-order valence-electron chi connectivity index (χ3n) is 7.67. The average molecular weight is 467 g/mol. The van der Waals surface area contributed by atoms with Gasteiger partial charge in [-0.15, -0.1) is 0 Å². The number of benzene rings is 1. The summed E-state index contributed by atoms with van der Waals surface area (Å²) in [4.78, 5) is 25.5. The molecule has 2 N–H and O–H groups in total. The summed E-state index contributed by atoms with van der Waals surface area (Å²) >= 11 is 0. The minimum atomic E-state index is -0.561. The van der Waals surface area contributed by atoms with Crippen molar-refractivity contribution in [1.82, 2.24) is 9.88 Å². The van der Waals surface area contributed by atoms with E-state index in [0.717, 1.165) is 35.2 Å². The molecule has 2 bridgehead atoms. The van der Waals surface area contributed by atoms with Crippen LogP contribution in [0.1, 0.15) is 68.1 Å². The third kappa shape index (κ3) is 4.64. The molecule has 5 rings (SSSR count). The number of aliphatic hydroxyl groups is 1. The lowest BCUT2D eigenvalue weighted by atomic mass is 9.92. The Morgan fingerprint density at radius 2 is 2.03 bits per heavy atom. The number of fused-ring (bicyclic) bond motifs is 3. The lowest BCUT2D eigenvalue weighted by molar-refractivity contribution is -0.147. The molecule has 1 aliphatic heterocycles. The van der Waals surface area contributed by atoms with Crippen molar-refractivity contribution in [2.75, 3.05) is 13.2 Å². The van der Waals surface area contributed by atoms with Gasteiger partial charge in [-0.25, -0.2) is 0 Å². The zero-order valence-electron chi connectivity index (χ0n) is 19.7. The number of ether oxygens (including phenoxy) is 2. The molecular formula is C27H34N2O5. The van der Waals surface area contributed by atoms with Gasteiger partial charge in [0.25, 0.3) is 5.91 Å². The van der Waals surface area contributed by atoms with Gasteiger partial charge in [-0.2, -0.15) is 0 Å². The van der Waals surface area contributed by atoms with Crippen molar-refractivity contribution >= 4 is 22.7 Å². The first-order valence-corrected chi connectivity index (χ1v) is 12.6. The molecule has 1 aromatic heterocycles. The molecule has 1 aromatic carbocycles. The number of allylic oxidation sites excluding steroid dienone is 1.